The van der Waals surface area contributed by atoms with E-state index in [0.717, 1.165) is 43.4 Å². The molecule has 0 spiro atoms. The number of carbonyl (C=O) groups excluding carboxylic acids is 1. The quantitative estimate of drug-likeness (QED) is 0.736. The molecule has 0 bridgehead atoms. The number of ether oxygens (including phenoxy) is 1. The van der Waals surface area contributed by atoms with E-state index in [2.05, 4.69) is 4.90 Å². The number of anilines is 1. The van der Waals surface area contributed by atoms with Gasteiger partial charge in [-0.1, -0.05) is 13.0 Å². The third kappa shape index (κ3) is 4.68. The maximum atomic E-state index is 13.9. The summed E-state index contributed by atoms with van der Waals surface area (Å²) >= 11 is 0. The Morgan fingerprint density at radius 2 is 1.82 bits per heavy atom. The van der Waals surface area contributed by atoms with Crippen LogP contribution in [0.25, 0.3) is 0 Å². The number of amides is 1. The molecule has 0 aromatic heterocycles. The number of hydrogen-bond donors (Lipinski definition) is 0. The van der Waals surface area contributed by atoms with Gasteiger partial charge in [-0.25, -0.2) is 8.78 Å². The summed E-state index contributed by atoms with van der Waals surface area (Å²) in [5.41, 5.74) is 1.37. The average molecular weight is 388 g/mol. The van der Waals surface area contributed by atoms with Crippen LogP contribution in [0.3, 0.4) is 0 Å². The van der Waals surface area contributed by atoms with Gasteiger partial charge in [0.15, 0.2) is 0 Å². The summed E-state index contributed by atoms with van der Waals surface area (Å²) in [5, 5.41) is 0. The lowest BCUT2D eigenvalue weighted by atomic mass is 10.0. The summed E-state index contributed by atoms with van der Waals surface area (Å²) < 4.78 is 32.2. The van der Waals surface area contributed by atoms with Gasteiger partial charge in [0, 0.05) is 49.4 Å². The van der Waals surface area contributed by atoms with Gasteiger partial charge in [0.05, 0.1) is 7.11 Å². The van der Waals surface area contributed by atoms with Crippen molar-refractivity contribution in [3.8, 4) is 5.75 Å². The fourth-order valence-electron chi connectivity index (χ4n) is 3.70. The Bertz CT molecular complexity index is 803. The van der Waals surface area contributed by atoms with Crippen molar-refractivity contribution in [2.24, 2.45) is 0 Å². The second kappa shape index (κ2) is 9.15. The minimum absolute atomic E-state index is 0.0909. The molecule has 1 heterocycles. The molecule has 1 saturated heterocycles. The van der Waals surface area contributed by atoms with Crippen molar-refractivity contribution in [1.82, 2.24) is 4.90 Å². The van der Waals surface area contributed by atoms with Crippen LogP contribution in [-0.2, 0) is 11.3 Å². The Hall–Kier alpha value is -2.47. The normalized spacial score (nSPS) is 15.4. The molecule has 2 aromatic carbocycles. The molecule has 1 aliphatic heterocycles. The molecular weight excluding hydrogens is 362 g/mol. The van der Waals surface area contributed by atoms with E-state index in [9.17, 15) is 13.6 Å². The van der Waals surface area contributed by atoms with Crippen LogP contribution >= 0.6 is 0 Å². The van der Waals surface area contributed by atoms with E-state index in [1.54, 1.807) is 7.11 Å². The molecule has 6 heteroatoms. The van der Waals surface area contributed by atoms with Crippen LogP contribution < -0.4 is 9.64 Å². The number of rotatable bonds is 6. The highest BCUT2D eigenvalue weighted by Gasteiger charge is 2.28. The molecule has 0 aliphatic carbocycles. The summed E-state index contributed by atoms with van der Waals surface area (Å²) in [4.78, 5) is 16.6. The smallest absolute Gasteiger partial charge is 0.226 e. The molecule has 0 N–H and O–H groups in total. The lowest BCUT2D eigenvalue weighted by molar-refractivity contribution is -0.119. The van der Waals surface area contributed by atoms with E-state index in [1.165, 1.54) is 12.1 Å². The largest absolute Gasteiger partial charge is 0.497 e. The van der Waals surface area contributed by atoms with Crippen LogP contribution in [0.5, 0.6) is 5.75 Å². The number of likely N-dealkylation sites (tertiary alicyclic amines) is 1. The molecule has 0 radical (unpaired) electrons. The number of piperidine rings is 1. The molecule has 0 atom stereocenters. The Kier molecular flexibility index (Phi) is 6.62. The minimum atomic E-state index is -0.562. The van der Waals surface area contributed by atoms with E-state index in [4.69, 9.17) is 4.74 Å². The second-order valence-corrected chi connectivity index (χ2v) is 7.06. The zero-order valence-electron chi connectivity index (χ0n) is 16.3. The fourth-order valence-corrected chi connectivity index (χ4v) is 3.70. The molecule has 28 heavy (non-hydrogen) atoms. The van der Waals surface area contributed by atoms with Gasteiger partial charge in [0.25, 0.3) is 0 Å². The third-order valence-corrected chi connectivity index (χ3v) is 5.25. The van der Waals surface area contributed by atoms with E-state index < -0.39 is 11.6 Å². The van der Waals surface area contributed by atoms with E-state index in [-0.39, 0.29) is 11.9 Å². The van der Waals surface area contributed by atoms with E-state index >= 15 is 0 Å². The first kappa shape index (κ1) is 20.3. The van der Waals surface area contributed by atoms with Crippen LogP contribution in [0, 0.1) is 11.6 Å². The Labute approximate surface area is 164 Å². The Balaban J connectivity index is 1.67. The predicted octanol–water partition coefficient (Wildman–Crippen LogP) is 4.38. The summed E-state index contributed by atoms with van der Waals surface area (Å²) in [5.74, 6) is -0.228. The zero-order valence-corrected chi connectivity index (χ0v) is 16.3. The van der Waals surface area contributed by atoms with Crippen LogP contribution in [0.15, 0.2) is 42.5 Å². The number of benzene rings is 2. The molecule has 2 aromatic rings. The highest BCUT2D eigenvalue weighted by atomic mass is 19.1. The van der Waals surface area contributed by atoms with Crippen LogP contribution in [0.1, 0.15) is 31.7 Å². The van der Waals surface area contributed by atoms with Crippen LogP contribution in [-0.4, -0.2) is 37.0 Å². The van der Waals surface area contributed by atoms with Gasteiger partial charge in [-0.15, -0.1) is 0 Å². The van der Waals surface area contributed by atoms with Crippen molar-refractivity contribution in [3.63, 3.8) is 0 Å². The number of methoxy groups -OCH3 is 1. The number of carbonyl (C=O) groups is 1. The Morgan fingerprint density at radius 3 is 2.39 bits per heavy atom. The van der Waals surface area contributed by atoms with E-state index in [1.807, 2.05) is 36.1 Å². The van der Waals surface area contributed by atoms with Crippen molar-refractivity contribution < 1.29 is 18.3 Å². The predicted molar refractivity (Wildman–Crippen MR) is 105 cm³/mol. The first-order chi connectivity index (χ1) is 13.5. The van der Waals surface area contributed by atoms with Gasteiger partial charge >= 0.3 is 0 Å². The van der Waals surface area contributed by atoms with Crippen molar-refractivity contribution in [3.05, 3.63) is 59.7 Å². The zero-order chi connectivity index (χ0) is 20.1. The van der Waals surface area contributed by atoms with Gasteiger partial charge in [0.2, 0.25) is 5.91 Å². The van der Waals surface area contributed by atoms with Crippen LogP contribution in [0.2, 0.25) is 0 Å². The third-order valence-electron chi connectivity index (χ3n) is 5.25. The lowest BCUT2D eigenvalue weighted by Crippen LogP contribution is -2.47. The topological polar surface area (TPSA) is 32.8 Å². The molecule has 4 nitrogen and oxygen atoms in total. The molecule has 1 fully saturated rings. The monoisotopic (exact) mass is 388 g/mol. The first-order valence-corrected chi connectivity index (χ1v) is 9.64. The van der Waals surface area contributed by atoms with Gasteiger partial charge in [-0.2, -0.15) is 0 Å². The number of halogens is 2. The minimum Gasteiger partial charge on any atom is -0.497 e. The Morgan fingerprint density at radius 1 is 1.14 bits per heavy atom. The standard InChI is InChI=1S/C22H26F2N2O2/c1-3-22(27)26(18-6-8-20(28-2)9-7-18)19-10-12-25(13-11-19)15-16-4-5-17(23)14-21(16)24/h4-9,14,19H,3,10-13,15H2,1-2H3. The number of nitrogens with zero attached hydrogens (tertiary/aromatic N) is 2. The fraction of sp³-hybridized carbons (Fsp3) is 0.409. The highest BCUT2D eigenvalue weighted by molar-refractivity contribution is 5.93. The van der Waals surface area contributed by atoms with Crippen molar-refractivity contribution in [1.29, 1.82) is 0 Å². The molecule has 0 saturated carbocycles. The summed E-state index contributed by atoms with van der Waals surface area (Å²) in [7, 11) is 1.61. The highest BCUT2D eigenvalue weighted by Crippen LogP contribution is 2.27. The summed E-state index contributed by atoms with van der Waals surface area (Å²) in [6, 6.07) is 11.4. The molecular formula is C22H26F2N2O2. The van der Waals surface area contributed by atoms with Gasteiger partial charge in [-0.3, -0.25) is 9.69 Å². The summed E-state index contributed by atoms with van der Waals surface area (Å²) in [6.45, 7) is 3.82. The molecule has 3 rings (SSSR count). The molecule has 1 aliphatic rings. The van der Waals surface area contributed by atoms with Gasteiger partial charge in [0.1, 0.15) is 17.4 Å². The SMILES string of the molecule is CCC(=O)N(c1ccc(OC)cc1)C1CCN(Cc2ccc(F)cc2F)CC1. The maximum Gasteiger partial charge on any atom is 0.226 e. The lowest BCUT2D eigenvalue weighted by Gasteiger charge is -2.38. The van der Waals surface area contributed by atoms with Crippen LogP contribution in [0.4, 0.5) is 14.5 Å². The molecule has 0 unspecified atom stereocenters. The second-order valence-electron chi connectivity index (χ2n) is 7.06. The van der Waals surface area contributed by atoms with Gasteiger partial charge in [-0.05, 0) is 43.2 Å². The van der Waals surface area contributed by atoms with Crippen molar-refractivity contribution in [2.45, 2.75) is 38.8 Å². The van der Waals surface area contributed by atoms with E-state index in [0.29, 0.717) is 18.5 Å². The number of hydrogen-bond acceptors (Lipinski definition) is 3. The van der Waals surface area contributed by atoms with Crippen molar-refractivity contribution >= 4 is 11.6 Å². The van der Waals surface area contributed by atoms with Crippen molar-refractivity contribution in [2.75, 3.05) is 25.1 Å². The first-order valence-electron chi connectivity index (χ1n) is 9.64. The average Bonchev–Trinajstić information content (AvgIpc) is 2.72. The van der Waals surface area contributed by atoms with Gasteiger partial charge < -0.3 is 9.64 Å². The maximum absolute atomic E-state index is 13.9. The molecule has 150 valence electrons. The summed E-state index contributed by atoms with van der Waals surface area (Å²) in [6.07, 6.45) is 2.05. The molecule has 1 amide bonds.